The Kier molecular flexibility index (Phi) is 6.19. The third kappa shape index (κ3) is 5.35. The van der Waals surface area contributed by atoms with Crippen molar-refractivity contribution in [3.05, 3.63) is 76.8 Å². The second-order valence-corrected chi connectivity index (χ2v) is 5.33. The van der Waals surface area contributed by atoms with Gasteiger partial charge in [-0.05, 0) is 23.3 Å². The van der Waals surface area contributed by atoms with Crippen LogP contribution < -0.4 is 5.32 Å². The molecule has 2 aromatic rings. The fourth-order valence-corrected chi connectivity index (χ4v) is 2.11. The normalized spacial score (nSPS) is 12.3. The smallest absolute Gasteiger partial charge is 0.223 e. The lowest BCUT2D eigenvalue weighted by atomic mass is 10.1. The van der Waals surface area contributed by atoms with Gasteiger partial charge in [-0.3, -0.25) is 4.79 Å². The van der Waals surface area contributed by atoms with E-state index in [0.29, 0.717) is 17.1 Å². The highest BCUT2D eigenvalue weighted by Gasteiger charge is 2.12. The third-order valence-electron chi connectivity index (χ3n) is 3.16. The molecule has 0 heterocycles. The van der Waals surface area contributed by atoms with Gasteiger partial charge in [0.05, 0.1) is 12.5 Å². The molecular weight excluding hydrogens is 298 g/mol. The molecule has 4 heteroatoms. The summed E-state index contributed by atoms with van der Waals surface area (Å²) in [7, 11) is 0. The molecule has 0 saturated carbocycles. The number of benzene rings is 2. The highest BCUT2D eigenvalue weighted by atomic mass is 35.5. The molecule has 2 N–H and O–H groups in total. The van der Waals surface area contributed by atoms with Crippen LogP contribution in [0.5, 0.6) is 0 Å². The summed E-state index contributed by atoms with van der Waals surface area (Å²) in [6.45, 7) is 0.432. The summed E-state index contributed by atoms with van der Waals surface area (Å²) in [4.78, 5) is 11.8. The van der Waals surface area contributed by atoms with Gasteiger partial charge in [-0.2, -0.15) is 0 Å². The van der Waals surface area contributed by atoms with E-state index in [1.165, 1.54) is 0 Å². The standard InChI is InChI=1S/C18H18ClNO2/c19-16-10-8-15(9-11-16)17(21)13-18(22)20-12-4-7-14-5-2-1-3-6-14/h1-11,17,21H,12-13H2,(H,20,22)/b7-4+. The molecule has 0 aliphatic rings. The van der Waals surface area contributed by atoms with Crippen LogP contribution in [0.25, 0.3) is 6.08 Å². The Morgan fingerprint density at radius 2 is 1.82 bits per heavy atom. The van der Waals surface area contributed by atoms with Gasteiger partial charge in [-0.15, -0.1) is 0 Å². The number of aliphatic hydroxyl groups is 1. The zero-order valence-corrected chi connectivity index (χ0v) is 12.8. The average Bonchev–Trinajstić information content (AvgIpc) is 2.53. The van der Waals surface area contributed by atoms with Gasteiger partial charge in [-0.25, -0.2) is 0 Å². The van der Waals surface area contributed by atoms with E-state index >= 15 is 0 Å². The van der Waals surface area contributed by atoms with Crippen molar-refractivity contribution in [2.24, 2.45) is 0 Å². The van der Waals surface area contributed by atoms with Gasteiger partial charge in [-0.1, -0.05) is 66.2 Å². The molecule has 0 fully saturated rings. The topological polar surface area (TPSA) is 49.3 Å². The molecule has 1 unspecified atom stereocenters. The molecule has 0 saturated heterocycles. The van der Waals surface area contributed by atoms with E-state index in [2.05, 4.69) is 5.32 Å². The molecule has 2 aromatic carbocycles. The second kappa shape index (κ2) is 8.37. The highest BCUT2D eigenvalue weighted by molar-refractivity contribution is 6.30. The van der Waals surface area contributed by atoms with E-state index in [1.54, 1.807) is 24.3 Å². The third-order valence-corrected chi connectivity index (χ3v) is 3.41. The van der Waals surface area contributed by atoms with Crippen LogP contribution in [-0.4, -0.2) is 17.6 Å². The van der Waals surface area contributed by atoms with Crippen molar-refractivity contribution in [3.8, 4) is 0 Å². The first kappa shape index (κ1) is 16.3. The van der Waals surface area contributed by atoms with Gasteiger partial charge < -0.3 is 10.4 Å². The Morgan fingerprint density at radius 3 is 2.50 bits per heavy atom. The zero-order valence-electron chi connectivity index (χ0n) is 12.1. The molecule has 0 aromatic heterocycles. The summed E-state index contributed by atoms with van der Waals surface area (Å²) < 4.78 is 0. The maximum Gasteiger partial charge on any atom is 0.223 e. The van der Waals surface area contributed by atoms with Crippen LogP contribution in [0.1, 0.15) is 23.7 Å². The minimum atomic E-state index is -0.824. The molecule has 0 aliphatic carbocycles. The van der Waals surface area contributed by atoms with Crippen LogP contribution in [0.15, 0.2) is 60.7 Å². The van der Waals surface area contributed by atoms with E-state index in [1.807, 2.05) is 42.5 Å². The first-order valence-electron chi connectivity index (χ1n) is 7.07. The van der Waals surface area contributed by atoms with Gasteiger partial charge in [0.25, 0.3) is 0 Å². The lowest BCUT2D eigenvalue weighted by molar-refractivity contribution is -0.122. The van der Waals surface area contributed by atoms with Crippen molar-refractivity contribution < 1.29 is 9.90 Å². The lowest BCUT2D eigenvalue weighted by Crippen LogP contribution is -2.25. The molecule has 114 valence electrons. The first-order chi connectivity index (χ1) is 10.6. The molecule has 0 aliphatic heterocycles. The molecule has 22 heavy (non-hydrogen) atoms. The van der Waals surface area contributed by atoms with Crippen molar-refractivity contribution in [1.29, 1.82) is 0 Å². The largest absolute Gasteiger partial charge is 0.388 e. The van der Waals surface area contributed by atoms with Crippen LogP contribution in [0.2, 0.25) is 5.02 Å². The van der Waals surface area contributed by atoms with Crippen molar-refractivity contribution in [2.45, 2.75) is 12.5 Å². The Bertz CT molecular complexity index is 623. The van der Waals surface area contributed by atoms with Gasteiger partial charge in [0, 0.05) is 11.6 Å². The lowest BCUT2D eigenvalue weighted by Gasteiger charge is -2.10. The number of aliphatic hydroxyl groups excluding tert-OH is 1. The predicted octanol–water partition coefficient (Wildman–Crippen LogP) is 3.59. The van der Waals surface area contributed by atoms with Crippen LogP contribution in [0.4, 0.5) is 0 Å². The fourth-order valence-electron chi connectivity index (χ4n) is 1.98. The molecular formula is C18H18ClNO2. The number of halogens is 1. The SMILES string of the molecule is O=C(CC(O)c1ccc(Cl)cc1)NC/C=C/c1ccccc1. The van der Waals surface area contributed by atoms with E-state index in [9.17, 15) is 9.90 Å². The number of carbonyl (C=O) groups excluding carboxylic acids is 1. The van der Waals surface area contributed by atoms with Crippen LogP contribution >= 0.6 is 11.6 Å². The second-order valence-electron chi connectivity index (χ2n) is 4.89. The first-order valence-corrected chi connectivity index (χ1v) is 7.45. The summed E-state index contributed by atoms with van der Waals surface area (Å²) >= 11 is 5.79. The summed E-state index contributed by atoms with van der Waals surface area (Å²) in [5.41, 5.74) is 1.76. The molecule has 1 amide bonds. The van der Waals surface area contributed by atoms with Crippen molar-refractivity contribution in [2.75, 3.05) is 6.54 Å². The maximum atomic E-state index is 11.8. The van der Waals surface area contributed by atoms with E-state index in [0.717, 1.165) is 5.56 Å². The maximum absolute atomic E-state index is 11.8. The molecule has 1 atom stereocenters. The molecule has 2 rings (SSSR count). The van der Waals surface area contributed by atoms with E-state index < -0.39 is 6.10 Å². The summed E-state index contributed by atoms with van der Waals surface area (Å²) in [6.07, 6.45) is 3.02. The molecule has 0 radical (unpaired) electrons. The average molecular weight is 316 g/mol. The van der Waals surface area contributed by atoms with Gasteiger partial charge in [0.2, 0.25) is 5.91 Å². The molecule has 3 nitrogen and oxygen atoms in total. The number of nitrogens with one attached hydrogen (secondary N) is 1. The summed E-state index contributed by atoms with van der Waals surface area (Å²) in [6, 6.07) is 16.7. The summed E-state index contributed by atoms with van der Waals surface area (Å²) in [5, 5.41) is 13.4. The molecule has 0 spiro atoms. The number of hydrogen-bond acceptors (Lipinski definition) is 2. The van der Waals surface area contributed by atoms with Crippen LogP contribution in [0.3, 0.4) is 0 Å². The summed E-state index contributed by atoms with van der Waals surface area (Å²) in [5.74, 6) is -0.194. The Hall–Kier alpha value is -2.10. The van der Waals surface area contributed by atoms with Crippen LogP contribution in [0, 0.1) is 0 Å². The Balaban J connectivity index is 1.76. The predicted molar refractivity (Wildman–Crippen MR) is 89.5 cm³/mol. The Labute approximate surface area is 135 Å². The zero-order chi connectivity index (χ0) is 15.8. The Morgan fingerprint density at radius 1 is 1.14 bits per heavy atom. The van der Waals surface area contributed by atoms with Crippen molar-refractivity contribution in [3.63, 3.8) is 0 Å². The van der Waals surface area contributed by atoms with Crippen molar-refractivity contribution in [1.82, 2.24) is 5.32 Å². The van der Waals surface area contributed by atoms with Gasteiger partial charge in [0.1, 0.15) is 0 Å². The number of carbonyl (C=O) groups is 1. The van der Waals surface area contributed by atoms with Crippen LogP contribution in [-0.2, 0) is 4.79 Å². The quantitative estimate of drug-likeness (QED) is 0.856. The minimum Gasteiger partial charge on any atom is -0.388 e. The minimum absolute atomic E-state index is 0.0286. The monoisotopic (exact) mass is 315 g/mol. The number of rotatable bonds is 6. The van der Waals surface area contributed by atoms with Gasteiger partial charge >= 0.3 is 0 Å². The number of amides is 1. The van der Waals surface area contributed by atoms with E-state index in [4.69, 9.17) is 11.6 Å². The van der Waals surface area contributed by atoms with Gasteiger partial charge in [0.15, 0.2) is 0 Å². The number of hydrogen-bond donors (Lipinski definition) is 2. The highest BCUT2D eigenvalue weighted by Crippen LogP contribution is 2.18. The molecule has 0 bridgehead atoms. The fraction of sp³-hybridized carbons (Fsp3) is 0.167. The van der Waals surface area contributed by atoms with Crippen molar-refractivity contribution >= 4 is 23.6 Å². The van der Waals surface area contributed by atoms with E-state index in [-0.39, 0.29) is 12.3 Å².